The van der Waals surface area contributed by atoms with E-state index in [2.05, 4.69) is 135 Å². The van der Waals surface area contributed by atoms with Crippen molar-refractivity contribution in [1.82, 2.24) is 0 Å². The summed E-state index contributed by atoms with van der Waals surface area (Å²) >= 11 is 0. The minimum atomic E-state index is -0.209. The van der Waals surface area contributed by atoms with Crippen molar-refractivity contribution >= 4 is 12.4 Å². The minimum absolute atomic E-state index is 0.0150. The lowest BCUT2D eigenvalue weighted by molar-refractivity contribution is -0.928. The summed E-state index contributed by atoms with van der Waals surface area (Å²) in [4.78, 5) is 10.9. The molecule has 1 aliphatic rings. The van der Waals surface area contributed by atoms with E-state index in [1.165, 1.54) is 106 Å². The Hall–Kier alpha value is -2.66. The van der Waals surface area contributed by atoms with Crippen LogP contribution in [0.4, 0.5) is 0 Å². The highest BCUT2D eigenvalue weighted by atomic mass is 16.3. The van der Waals surface area contributed by atoms with Gasteiger partial charge >= 0.3 is 0 Å². The molecule has 0 aliphatic heterocycles. The van der Waals surface area contributed by atoms with Crippen LogP contribution >= 0.6 is 0 Å². The van der Waals surface area contributed by atoms with E-state index in [1.54, 1.807) is 0 Å². The third kappa shape index (κ3) is 13.4. The zero-order chi connectivity index (χ0) is 43.7. The SMILES string of the molecule is CCCCCC1(CCCC[N+](CCC)(CCC)CCC)CC(N=Cc2cc(C(C)(C)C)cc(C(C)(C)C)c2O)C(N=Cc2cc(C(C)(C)C)cc(C(C)(C)C)c2O)C1. The van der Waals surface area contributed by atoms with Gasteiger partial charge in [-0.05, 0) is 108 Å². The first-order valence-corrected chi connectivity index (χ1v) is 23.5. The molecule has 3 rings (SSSR count). The number of nitrogens with zero attached hydrogens (tertiary/aromatic N) is 3. The maximum Gasteiger partial charge on any atom is 0.128 e. The Morgan fingerprint density at radius 2 is 0.914 bits per heavy atom. The van der Waals surface area contributed by atoms with Crippen molar-refractivity contribution in [2.75, 3.05) is 26.2 Å². The molecule has 1 saturated carbocycles. The fourth-order valence-corrected chi connectivity index (χ4v) is 9.74. The fraction of sp³-hybridized carbons (Fsp3) is 0.736. The first kappa shape index (κ1) is 49.7. The molecule has 0 aromatic heterocycles. The van der Waals surface area contributed by atoms with E-state index in [4.69, 9.17) is 9.98 Å². The highest BCUT2D eigenvalue weighted by Crippen LogP contribution is 2.49. The molecule has 2 atom stereocenters. The van der Waals surface area contributed by atoms with Crippen molar-refractivity contribution < 1.29 is 14.7 Å². The standard InChI is InChI=1S/C53H89N3O2/c1-17-21-22-25-53(26-23-24-30-56(27-18-2,28-19-3)29-20-4)35-45(54-37-39-31-41(49(5,6)7)33-43(47(39)57)51(11,12)13)46(36-53)55-38-40-32-42(50(8,9)10)34-44(48(40)58)52(14,15)16/h31-34,37-38,45-46H,17-30,35-36H2,1-16H3,(H-,54,55,57,58)/p+1. The Morgan fingerprint density at radius 3 is 1.24 bits per heavy atom. The summed E-state index contributed by atoms with van der Waals surface area (Å²) in [6.45, 7) is 41.0. The fourth-order valence-electron chi connectivity index (χ4n) is 9.74. The van der Waals surface area contributed by atoms with E-state index in [0.29, 0.717) is 11.5 Å². The van der Waals surface area contributed by atoms with Crippen LogP contribution in [0.15, 0.2) is 34.3 Å². The van der Waals surface area contributed by atoms with Crippen LogP contribution in [0.2, 0.25) is 0 Å². The third-order valence-corrected chi connectivity index (χ3v) is 13.2. The topological polar surface area (TPSA) is 65.2 Å². The Morgan fingerprint density at radius 1 is 0.534 bits per heavy atom. The van der Waals surface area contributed by atoms with E-state index in [9.17, 15) is 10.2 Å². The van der Waals surface area contributed by atoms with E-state index >= 15 is 0 Å². The third-order valence-electron chi connectivity index (χ3n) is 13.2. The highest BCUT2D eigenvalue weighted by molar-refractivity contribution is 5.86. The molecule has 0 saturated heterocycles. The van der Waals surface area contributed by atoms with Crippen LogP contribution < -0.4 is 0 Å². The molecule has 2 aromatic rings. The predicted octanol–water partition coefficient (Wildman–Crippen LogP) is 14.1. The van der Waals surface area contributed by atoms with Gasteiger partial charge in [0.25, 0.3) is 0 Å². The van der Waals surface area contributed by atoms with E-state index in [0.717, 1.165) is 35.1 Å². The van der Waals surface area contributed by atoms with Crippen LogP contribution in [0, 0.1) is 5.41 Å². The molecule has 2 aromatic carbocycles. The first-order chi connectivity index (χ1) is 26.8. The molecule has 5 heteroatoms. The van der Waals surface area contributed by atoms with Crippen molar-refractivity contribution in [3.05, 3.63) is 57.6 Å². The second kappa shape index (κ2) is 20.3. The Labute approximate surface area is 358 Å². The van der Waals surface area contributed by atoms with E-state index < -0.39 is 0 Å². The van der Waals surface area contributed by atoms with Gasteiger partial charge in [0.2, 0.25) is 0 Å². The number of unbranched alkanes of at least 4 members (excludes halogenated alkanes) is 3. The smallest absolute Gasteiger partial charge is 0.128 e. The number of quaternary nitrogens is 1. The van der Waals surface area contributed by atoms with Crippen molar-refractivity contribution in [3.63, 3.8) is 0 Å². The summed E-state index contributed by atoms with van der Waals surface area (Å²) in [7, 11) is 0. The van der Waals surface area contributed by atoms with Crippen LogP contribution in [0.5, 0.6) is 11.5 Å². The summed E-state index contributed by atoms with van der Waals surface area (Å²) in [5.41, 5.74) is 5.54. The molecule has 0 bridgehead atoms. The van der Waals surface area contributed by atoms with E-state index in [-0.39, 0.29) is 39.2 Å². The first-order valence-electron chi connectivity index (χ1n) is 23.5. The lowest BCUT2D eigenvalue weighted by Gasteiger charge is -2.39. The molecule has 0 radical (unpaired) electrons. The summed E-state index contributed by atoms with van der Waals surface area (Å²) in [5.74, 6) is 0.672. The predicted molar refractivity (Wildman–Crippen MR) is 254 cm³/mol. The largest absolute Gasteiger partial charge is 0.507 e. The summed E-state index contributed by atoms with van der Waals surface area (Å²) in [6.07, 6.45) is 18.3. The van der Waals surface area contributed by atoms with Crippen LogP contribution in [0.1, 0.15) is 221 Å². The molecule has 1 fully saturated rings. The number of aromatic hydroxyl groups is 2. The van der Waals surface area contributed by atoms with Crippen molar-refractivity contribution in [3.8, 4) is 11.5 Å². The zero-order valence-electron chi connectivity index (χ0n) is 40.7. The van der Waals surface area contributed by atoms with Crippen LogP contribution in [0.25, 0.3) is 0 Å². The Bertz CT molecular complexity index is 1540. The number of benzene rings is 2. The minimum Gasteiger partial charge on any atom is -0.507 e. The molecule has 1 aliphatic carbocycles. The van der Waals surface area contributed by atoms with Gasteiger partial charge in [-0.1, -0.05) is 142 Å². The molecule has 2 N–H and O–H groups in total. The number of hydrogen-bond donors (Lipinski definition) is 2. The monoisotopic (exact) mass is 801 g/mol. The maximum absolute atomic E-state index is 11.7. The van der Waals surface area contributed by atoms with Crippen molar-refractivity contribution in [1.29, 1.82) is 0 Å². The average Bonchev–Trinajstić information content (AvgIpc) is 3.44. The molecule has 58 heavy (non-hydrogen) atoms. The lowest BCUT2D eigenvalue weighted by atomic mass is 9.76. The van der Waals surface area contributed by atoms with Gasteiger partial charge in [0.05, 0.1) is 38.3 Å². The molecule has 0 amide bonds. The van der Waals surface area contributed by atoms with E-state index in [1.807, 2.05) is 12.4 Å². The quantitative estimate of drug-likeness (QED) is 0.0844. The van der Waals surface area contributed by atoms with Gasteiger partial charge in [-0.15, -0.1) is 0 Å². The van der Waals surface area contributed by atoms with Gasteiger partial charge in [0, 0.05) is 34.7 Å². The molecule has 0 heterocycles. The number of hydrogen-bond acceptors (Lipinski definition) is 4. The molecule has 2 unspecified atom stereocenters. The molecule has 5 nitrogen and oxygen atoms in total. The number of phenols is 2. The average molecular weight is 801 g/mol. The van der Waals surface area contributed by atoms with Crippen LogP contribution in [-0.2, 0) is 21.7 Å². The summed E-state index contributed by atoms with van der Waals surface area (Å²) in [6, 6.07) is 8.64. The van der Waals surface area contributed by atoms with Gasteiger partial charge in [0.1, 0.15) is 11.5 Å². The normalized spacial score (nSPS) is 19.9. The number of phenolic OH excluding ortho intramolecular Hbond substituents is 2. The number of aliphatic imine (C=N–C) groups is 2. The molecular weight excluding hydrogens is 711 g/mol. The van der Waals surface area contributed by atoms with Crippen molar-refractivity contribution in [2.45, 2.75) is 222 Å². The van der Waals surface area contributed by atoms with Gasteiger partial charge in [0.15, 0.2) is 0 Å². The number of rotatable bonds is 19. The molecule has 0 spiro atoms. The van der Waals surface area contributed by atoms with Gasteiger partial charge in [-0.3, -0.25) is 9.98 Å². The highest BCUT2D eigenvalue weighted by Gasteiger charge is 2.44. The Kier molecular flexibility index (Phi) is 17.4. The second-order valence-electron chi connectivity index (χ2n) is 22.7. The van der Waals surface area contributed by atoms with Gasteiger partial charge in [-0.2, -0.15) is 0 Å². The lowest BCUT2D eigenvalue weighted by Crippen LogP contribution is -2.50. The van der Waals surface area contributed by atoms with Gasteiger partial charge < -0.3 is 14.7 Å². The van der Waals surface area contributed by atoms with Crippen LogP contribution in [-0.4, -0.2) is 65.4 Å². The molecule has 328 valence electrons. The van der Waals surface area contributed by atoms with Crippen LogP contribution in [0.3, 0.4) is 0 Å². The Balaban J connectivity index is 2.15. The summed E-state index contributed by atoms with van der Waals surface area (Å²) in [5, 5.41) is 23.5. The second-order valence-corrected chi connectivity index (χ2v) is 22.7. The summed E-state index contributed by atoms with van der Waals surface area (Å²) < 4.78 is 1.27. The molecular formula is C53H90N3O2+. The maximum atomic E-state index is 11.7. The van der Waals surface area contributed by atoms with Crippen molar-refractivity contribution in [2.24, 2.45) is 15.4 Å². The van der Waals surface area contributed by atoms with Gasteiger partial charge in [-0.25, -0.2) is 0 Å². The zero-order valence-corrected chi connectivity index (χ0v) is 40.7.